The van der Waals surface area contributed by atoms with Gasteiger partial charge < -0.3 is 4.74 Å². The molecule has 0 bridgehead atoms. The molecule has 0 saturated heterocycles. The Labute approximate surface area is 129 Å². The summed E-state index contributed by atoms with van der Waals surface area (Å²) in [5, 5.41) is 0. The maximum absolute atomic E-state index is 12.1. The molecule has 0 aliphatic heterocycles. The highest BCUT2D eigenvalue weighted by atomic mass is 79.9. The van der Waals surface area contributed by atoms with Gasteiger partial charge in [-0.1, -0.05) is 28.1 Å². The number of methoxy groups -OCH3 is 1. The Bertz CT molecular complexity index is 429. The molecule has 0 amide bonds. The van der Waals surface area contributed by atoms with E-state index in [4.69, 9.17) is 4.74 Å². The number of ether oxygens (including phenoxy) is 1. The number of carbonyl (C=O) groups is 1. The highest BCUT2D eigenvalue weighted by Crippen LogP contribution is 2.26. The van der Waals surface area contributed by atoms with Gasteiger partial charge in [-0.25, -0.2) is 0 Å². The summed E-state index contributed by atoms with van der Waals surface area (Å²) in [4.78, 5) is 14.5. The summed E-state index contributed by atoms with van der Waals surface area (Å²) in [6.45, 7) is 2.75. The van der Waals surface area contributed by atoms with Crippen molar-refractivity contribution in [2.24, 2.45) is 0 Å². The fourth-order valence-corrected chi connectivity index (χ4v) is 2.61. The molecule has 0 spiro atoms. The number of nitrogens with zero attached hydrogens (tertiary/aromatic N) is 1. The van der Waals surface area contributed by atoms with Crippen molar-refractivity contribution in [1.29, 1.82) is 0 Å². The lowest BCUT2D eigenvalue weighted by atomic mass is 10.1. The van der Waals surface area contributed by atoms with Gasteiger partial charge >= 0.3 is 0 Å². The number of halogens is 1. The van der Waals surface area contributed by atoms with Crippen molar-refractivity contribution in [3.8, 4) is 0 Å². The van der Waals surface area contributed by atoms with Gasteiger partial charge in [0.2, 0.25) is 0 Å². The second kappa shape index (κ2) is 7.91. The SMILES string of the molecule is COCCN(CCCC(=O)c1ccc(Br)cc1)C1CC1. The van der Waals surface area contributed by atoms with Crippen molar-refractivity contribution in [3.63, 3.8) is 0 Å². The first kappa shape index (κ1) is 15.7. The van der Waals surface area contributed by atoms with Gasteiger partial charge in [-0.3, -0.25) is 9.69 Å². The van der Waals surface area contributed by atoms with Crippen LogP contribution in [0.5, 0.6) is 0 Å². The van der Waals surface area contributed by atoms with Crippen LogP contribution in [0.2, 0.25) is 0 Å². The second-order valence-corrected chi connectivity index (χ2v) is 6.21. The van der Waals surface area contributed by atoms with Gasteiger partial charge in [0.25, 0.3) is 0 Å². The molecule has 1 saturated carbocycles. The zero-order valence-corrected chi connectivity index (χ0v) is 13.6. The lowest BCUT2D eigenvalue weighted by Crippen LogP contribution is -2.30. The van der Waals surface area contributed by atoms with Gasteiger partial charge in [-0.15, -0.1) is 0 Å². The van der Waals surface area contributed by atoms with Crippen LogP contribution >= 0.6 is 15.9 Å². The molecule has 2 rings (SSSR count). The van der Waals surface area contributed by atoms with Crippen molar-refractivity contribution < 1.29 is 9.53 Å². The van der Waals surface area contributed by atoms with Gasteiger partial charge in [0, 0.05) is 36.2 Å². The summed E-state index contributed by atoms with van der Waals surface area (Å²) in [5.41, 5.74) is 0.808. The molecule has 0 unspecified atom stereocenters. The van der Waals surface area contributed by atoms with Crippen LogP contribution in [0.4, 0.5) is 0 Å². The van der Waals surface area contributed by atoms with Crippen LogP contribution in [0, 0.1) is 0 Å². The molecule has 1 aliphatic carbocycles. The first-order valence-electron chi connectivity index (χ1n) is 7.22. The van der Waals surface area contributed by atoms with Gasteiger partial charge in [-0.2, -0.15) is 0 Å². The molecule has 1 aromatic carbocycles. The zero-order valence-electron chi connectivity index (χ0n) is 12.0. The van der Waals surface area contributed by atoms with Crippen molar-refractivity contribution >= 4 is 21.7 Å². The van der Waals surface area contributed by atoms with Crippen LogP contribution in [0.15, 0.2) is 28.7 Å². The van der Waals surface area contributed by atoms with E-state index in [9.17, 15) is 4.79 Å². The molecule has 4 heteroatoms. The van der Waals surface area contributed by atoms with Gasteiger partial charge in [-0.05, 0) is 37.9 Å². The van der Waals surface area contributed by atoms with E-state index < -0.39 is 0 Å². The molecular formula is C16H22BrNO2. The average molecular weight is 340 g/mol. The molecule has 1 aromatic rings. The minimum Gasteiger partial charge on any atom is -0.383 e. The lowest BCUT2D eigenvalue weighted by molar-refractivity contribution is 0.0968. The predicted octanol–water partition coefficient (Wildman–Crippen LogP) is 3.52. The van der Waals surface area contributed by atoms with E-state index in [1.165, 1.54) is 12.8 Å². The Morgan fingerprint density at radius 1 is 1.30 bits per heavy atom. The standard InChI is InChI=1S/C16H22BrNO2/c1-20-12-11-18(15-8-9-15)10-2-3-16(19)13-4-6-14(17)7-5-13/h4-7,15H,2-3,8-12H2,1H3. The summed E-state index contributed by atoms with van der Waals surface area (Å²) in [5.74, 6) is 0.236. The summed E-state index contributed by atoms with van der Waals surface area (Å²) in [6, 6.07) is 8.34. The smallest absolute Gasteiger partial charge is 0.162 e. The maximum atomic E-state index is 12.1. The zero-order chi connectivity index (χ0) is 14.4. The van der Waals surface area contributed by atoms with Crippen molar-refractivity contribution in [3.05, 3.63) is 34.3 Å². The molecule has 0 radical (unpaired) electrons. The minimum atomic E-state index is 0.236. The van der Waals surface area contributed by atoms with Crippen LogP contribution in [0.3, 0.4) is 0 Å². The molecular weight excluding hydrogens is 318 g/mol. The predicted molar refractivity (Wildman–Crippen MR) is 84.2 cm³/mol. The lowest BCUT2D eigenvalue weighted by Gasteiger charge is -2.21. The fourth-order valence-electron chi connectivity index (χ4n) is 2.35. The summed E-state index contributed by atoms with van der Waals surface area (Å²) < 4.78 is 6.15. The molecule has 0 N–H and O–H groups in total. The van der Waals surface area contributed by atoms with Gasteiger partial charge in [0.05, 0.1) is 6.61 Å². The van der Waals surface area contributed by atoms with E-state index >= 15 is 0 Å². The molecule has 0 heterocycles. The Balaban J connectivity index is 1.73. The van der Waals surface area contributed by atoms with Crippen molar-refractivity contribution in [2.75, 3.05) is 26.8 Å². The monoisotopic (exact) mass is 339 g/mol. The van der Waals surface area contributed by atoms with E-state index in [-0.39, 0.29) is 5.78 Å². The fraction of sp³-hybridized carbons (Fsp3) is 0.562. The van der Waals surface area contributed by atoms with Gasteiger partial charge in [0.15, 0.2) is 5.78 Å². The molecule has 1 fully saturated rings. The van der Waals surface area contributed by atoms with Crippen LogP contribution in [-0.4, -0.2) is 43.5 Å². The number of hydrogen-bond acceptors (Lipinski definition) is 3. The Hall–Kier alpha value is -0.710. The van der Waals surface area contributed by atoms with E-state index in [0.29, 0.717) is 6.42 Å². The third-order valence-electron chi connectivity index (χ3n) is 3.66. The molecule has 110 valence electrons. The van der Waals surface area contributed by atoms with Crippen LogP contribution in [0.1, 0.15) is 36.0 Å². The highest BCUT2D eigenvalue weighted by molar-refractivity contribution is 9.10. The third kappa shape index (κ3) is 5.00. The number of rotatable bonds is 9. The Morgan fingerprint density at radius 2 is 2.00 bits per heavy atom. The minimum absolute atomic E-state index is 0.236. The molecule has 0 atom stereocenters. The van der Waals surface area contributed by atoms with E-state index in [1.807, 2.05) is 24.3 Å². The van der Waals surface area contributed by atoms with Crippen LogP contribution in [0.25, 0.3) is 0 Å². The van der Waals surface area contributed by atoms with E-state index in [0.717, 1.165) is 42.2 Å². The largest absolute Gasteiger partial charge is 0.383 e. The normalized spacial score (nSPS) is 14.8. The first-order chi connectivity index (χ1) is 9.70. The van der Waals surface area contributed by atoms with E-state index in [1.54, 1.807) is 7.11 Å². The second-order valence-electron chi connectivity index (χ2n) is 5.29. The quantitative estimate of drug-likeness (QED) is 0.644. The van der Waals surface area contributed by atoms with Crippen LogP contribution in [-0.2, 0) is 4.74 Å². The summed E-state index contributed by atoms with van der Waals surface area (Å²) in [7, 11) is 1.74. The average Bonchev–Trinajstić information content (AvgIpc) is 3.27. The number of Topliss-reactive ketones (excluding diaryl/α,β-unsaturated/α-hetero) is 1. The number of carbonyl (C=O) groups excluding carboxylic acids is 1. The number of benzene rings is 1. The third-order valence-corrected chi connectivity index (χ3v) is 4.19. The highest BCUT2D eigenvalue weighted by Gasteiger charge is 2.28. The van der Waals surface area contributed by atoms with Crippen LogP contribution < -0.4 is 0 Å². The first-order valence-corrected chi connectivity index (χ1v) is 8.02. The summed E-state index contributed by atoms with van der Waals surface area (Å²) in [6.07, 6.45) is 4.14. The Morgan fingerprint density at radius 3 is 2.60 bits per heavy atom. The maximum Gasteiger partial charge on any atom is 0.162 e. The van der Waals surface area contributed by atoms with E-state index in [2.05, 4.69) is 20.8 Å². The topological polar surface area (TPSA) is 29.5 Å². The number of ketones is 1. The summed E-state index contributed by atoms with van der Waals surface area (Å²) >= 11 is 3.38. The Kier molecular flexibility index (Phi) is 6.20. The molecule has 3 nitrogen and oxygen atoms in total. The molecule has 20 heavy (non-hydrogen) atoms. The number of hydrogen-bond donors (Lipinski definition) is 0. The van der Waals surface area contributed by atoms with Gasteiger partial charge in [0.1, 0.15) is 0 Å². The molecule has 1 aliphatic rings. The van der Waals surface area contributed by atoms with Crippen molar-refractivity contribution in [2.45, 2.75) is 31.7 Å². The molecule has 0 aromatic heterocycles. The van der Waals surface area contributed by atoms with Crippen molar-refractivity contribution in [1.82, 2.24) is 4.90 Å².